The van der Waals surface area contributed by atoms with Gasteiger partial charge in [-0.25, -0.2) is 9.67 Å². The Hall–Kier alpha value is -2.96. The van der Waals surface area contributed by atoms with Crippen LogP contribution in [0.5, 0.6) is 0 Å². The van der Waals surface area contributed by atoms with E-state index < -0.39 is 0 Å². The van der Waals surface area contributed by atoms with Gasteiger partial charge in [0.15, 0.2) is 5.13 Å². The number of hydrogen-bond acceptors (Lipinski definition) is 4. The predicted octanol–water partition coefficient (Wildman–Crippen LogP) is 5.68. The average molecular weight is 435 g/mol. The average Bonchev–Trinajstić information content (AvgIpc) is 3.29. The summed E-state index contributed by atoms with van der Waals surface area (Å²) in [6, 6.07) is 16.2. The Kier molecular flexibility index (Phi) is 4.68. The van der Waals surface area contributed by atoms with Crippen molar-refractivity contribution < 1.29 is 4.79 Å². The minimum absolute atomic E-state index is 0.124. The molecule has 0 saturated carbocycles. The van der Waals surface area contributed by atoms with Crippen molar-refractivity contribution in [2.75, 3.05) is 5.32 Å². The van der Waals surface area contributed by atoms with Gasteiger partial charge in [0.2, 0.25) is 5.91 Å². The van der Waals surface area contributed by atoms with E-state index in [2.05, 4.69) is 22.4 Å². The molecule has 0 unspecified atom stereocenters. The Morgan fingerprint density at radius 2 is 1.97 bits per heavy atom. The first kappa shape index (κ1) is 19.0. The maximum absolute atomic E-state index is 11.5. The van der Waals surface area contributed by atoms with Gasteiger partial charge < -0.3 is 5.32 Å². The molecule has 1 N–H and O–H groups in total. The molecular formula is C23H19ClN4OS. The molecule has 2 heterocycles. The van der Waals surface area contributed by atoms with Crippen LogP contribution in [0.1, 0.15) is 23.7 Å². The zero-order chi connectivity index (χ0) is 20.8. The summed E-state index contributed by atoms with van der Waals surface area (Å²) in [5.74, 6) is -0.124. The van der Waals surface area contributed by atoms with Crippen LogP contribution in [-0.2, 0) is 17.6 Å². The van der Waals surface area contributed by atoms with Gasteiger partial charge in [0.05, 0.1) is 32.7 Å². The first-order chi connectivity index (χ1) is 14.5. The standard InChI is InChI=1S/C23H19ClN4OS/c1-13-8-11-19(17(24)12-13)28-21-16(20(27-28)15-6-4-3-5-7-15)9-10-18-22(21)30-23(26-18)25-14(2)29/h3-8,11-12H,9-10H2,1-2H3,(H,25,26,29). The molecule has 1 aliphatic carbocycles. The van der Waals surface area contributed by atoms with Gasteiger partial charge in [-0.1, -0.05) is 59.3 Å². The lowest BCUT2D eigenvalue weighted by Gasteiger charge is -2.15. The lowest BCUT2D eigenvalue weighted by atomic mass is 9.95. The highest BCUT2D eigenvalue weighted by Crippen LogP contribution is 2.44. The van der Waals surface area contributed by atoms with E-state index in [4.69, 9.17) is 16.7 Å². The van der Waals surface area contributed by atoms with E-state index in [9.17, 15) is 4.79 Å². The summed E-state index contributed by atoms with van der Waals surface area (Å²) < 4.78 is 1.94. The molecule has 30 heavy (non-hydrogen) atoms. The number of rotatable bonds is 3. The van der Waals surface area contributed by atoms with Gasteiger partial charge in [-0.15, -0.1) is 0 Å². The number of anilines is 1. The minimum Gasteiger partial charge on any atom is -0.302 e. The largest absolute Gasteiger partial charge is 0.302 e. The second-order valence-electron chi connectivity index (χ2n) is 7.38. The quantitative estimate of drug-likeness (QED) is 0.451. The topological polar surface area (TPSA) is 59.8 Å². The first-order valence-corrected chi connectivity index (χ1v) is 10.9. The fourth-order valence-electron chi connectivity index (χ4n) is 3.86. The monoisotopic (exact) mass is 434 g/mol. The number of fused-ring (bicyclic) bond motifs is 3. The molecule has 150 valence electrons. The molecule has 0 atom stereocenters. The van der Waals surface area contributed by atoms with Gasteiger partial charge >= 0.3 is 0 Å². The number of aryl methyl sites for hydroxylation is 2. The molecule has 1 amide bonds. The number of thiazole rings is 1. The zero-order valence-corrected chi connectivity index (χ0v) is 18.1. The lowest BCUT2D eigenvalue weighted by Crippen LogP contribution is -2.07. The van der Waals surface area contributed by atoms with Crippen LogP contribution in [0.4, 0.5) is 5.13 Å². The van der Waals surface area contributed by atoms with E-state index in [-0.39, 0.29) is 5.91 Å². The molecule has 1 aliphatic rings. The van der Waals surface area contributed by atoms with E-state index in [0.717, 1.165) is 51.6 Å². The Bertz CT molecular complexity index is 1280. The molecule has 0 saturated heterocycles. The zero-order valence-electron chi connectivity index (χ0n) is 16.6. The molecule has 0 fully saturated rings. The molecule has 5 rings (SSSR count). The predicted molar refractivity (Wildman–Crippen MR) is 122 cm³/mol. The third-order valence-electron chi connectivity index (χ3n) is 5.17. The van der Waals surface area contributed by atoms with Crippen LogP contribution < -0.4 is 5.32 Å². The Morgan fingerprint density at radius 3 is 2.70 bits per heavy atom. The number of carbonyl (C=O) groups is 1. The lowest BCUT2D eigenvalue weighted by molar-refractivity contribution is -0.114. The molecule has 4 aromatic rings. The summed E-state index contributed by atoms with van der Waals surface area (Å²) in [5.41, 5.74) is 7.15. The number of hydrogen-bond donors (Lipinski definition) is 1. The fourth-order valence-corrected chi connectivity index (χ4v) is 5.29. The molecule has 7 heteroatoms. The van der Waals surface area contributed by atoms with E-state index in [0.29, 0.717) is 10.2 Å². The van der Waals surface area contributed by atoms with Crippen molar-refractivity contribution in [1.29, 1.82) is 0 Å². The molecule has 2 aromatic heterocycles. The number of nitrogens with one attached hydrogen (secondary N) is 1. The molecular weight excluding hydrogens is 416 g/mol. The van der Waals surface area contributed by atoms with Gasteiger partial charge in [-0.2, -0.15) is 5.10 Å². The fraction of sp³-hybridized carbons (Fsp3) is 0.174. The van der Waals surface area contributed by atoms with Gasteiger partial charge in [0.25, 0.3) is 0 Å². The molecule has 2 aromatic carbocycles. The van der Waals surface area contributed by atoms with Crippen LogP contribution in [0.15, 0.2) is 48.5 Å². The number of nitrogens with zero attached hydrogens (tertiary/aromatic N) is 3. The molecule has 5 nitrogen and oxygen atoms in total. The van der Waals surface area contributed by atoms with Crippen molar-refractivity contribution >= 4 is 34.0 Å². The maximum atomic E-state index is 11.5. The van der Waals surface area contributed by atoms with Gasteiger partial charge in [-0.3, -0.25) is 4.79 Å². The van der Waals surface area contributed by atoms with E-state index in [1.807, 2.05) is 48.0 Å². The van der Waals surface area contributed by atoms with Crippen LogP contribution in [-0.4, -0.2) is 20.7 Å². The van der Waals surface area contributed by atoms with E-state index in [1.54, 1.807) is 0 Å². The van der Waals surface area contributed by atoms with Crippen LogP contribution in [0.25, 0.3) is 27.5 Å². The summed E-state index contributed by atoms with van der Waals surface area (Å²) in [5, 5.41) is 9.10. The number of halogens is 1. The normalized spacial score (nSPS) is 12.4. The highest BCUT2D eigenvalue weighted by molar-refractivity contribution is 7.19. The van der Waals surface area contributed by atoms with Crippen LogP contribution in [0, 0.1) is 6.92 Å². The number of aromatic nitrogens is 3. The van der Waals surface area contributed by atoms with Crippen LogP contribution >= 0.6 is 22.9 Å². The summed E-state index contributed by atoms with van der Waals surface area (Å²) in [4.78, 5) is 17.2. The second-order valence-corrected chi connectivity index (χ2v) is 8.79. The molecule has 0 bridgehead atoms. The number of amides is 1. The van der Waals surface area contributed by atoms with Crippen molar-refractivity contribution in [3.63, 3.8) is 0 Å². The third kappa shape index (κ3) is 3.22. The summed E-state index contributed by atoms with van der Waals surface area (Å²) in [6.45, 7) is 3.51. The Morgan fingerprint density at radius 1 is 1.17 bits per heavy atom. The number of benzene rings is 2. The summed E-state index contributed by atoms with van der Waals surface area (Å²) in [7, 11) is 0. The Labute approximate surface area is 183 Å². The molecule has 0 aliphatic heterocycles. The van der Waals surface area contributed by atoms with Crippen molar-refractivity contribution in [2.24, 2.45) is 0 Å². The minimum atomic E-state index is -0.124. The van der Waals surface area contributed by atoms with Gasteiger partial charge in [-0.05, 0) is 37.5 Å². The van der Waals surface area contributed by atoms with Crippen molar-refractivity contribution in [3.05, 3.63) is 70.4 Å². The highest BCUT2D eigenvalue weighted by Gasteiger charge is 2.30. The van der Waals surface area contributed by atoms with E-state index >= 15 is 0 Å². The van der Waals surface area contributed by atoms with Gasteiger partial charge in [0, 0.05) is 18.1 Å². The molecule has 0 radical (unpaired) electrons. The number of carbonyl (C=O) groups excluding carboxylic acids is 1. The van der Waals surface area contributed by atoms with Gasteiger partial charge in [0.1, 0.15) is 0 Å². The van der Waals surface area contributed by atoms with Crippen molar-refractivity contribution in [1.82, 2.24) is 14.8 Å². The van der Waals surface area contributed by atoms with Crippen molar-refractivity contribution in [3.8, 4) is 27.5 Å². The molecule has 0 spiro atoms. The van der Waals surface area contributed by atoms with Crippen molar-refractivity contribution in [2.45, 2.75) is 26.7 Å². The van der Waals surface area contributed by atoms with E-state index in [1.165, 1.54) is 23.8 Å². The van der Waals surface area contributed by atoms with Crippen LogP contribution in [0.3, 0.4) is 0 Å². The SMILES string of the molecule is CC(=O)Nc1nc2c(s1)-c1c(c(-c3ccccc3)nn1-c1ccc(C)cc1Cl)CC2. The second kappa shape index (κ2) is 7.38. The smallest absolute Gasteiger partial charge is 0.223 e. The first-order valence-electron chi connectivity index (χ1n) is 9.73. The third-order valence-corrected chi connectivity index (χ3v) is 6.49. The Balaban J connectivity index is 1.77. The van der Waals surface area contributed by atoms with Crippen LogP contribution in [0.2, 0.25) is 5.02 Å². The highest BCUT2D eigenvalue weighted by atomic mass is 35.5. The maximum Gasteiger partial charge on any atom is 0.223 e. The summed E-state index contributed by atoms with van der Waals surface area (Å²) in [6.07, 6.45) is 1.64. The summed E-state index contributed by atoms with van der Waals surface area (Å²) >= 11 is 8.12.